The molecule has 0 heterocycles. The average molecular weight is 188 g/mol. The van der Waals surface area contributed by atoms with Crippen molar-refractivity contribution in [1.29, 1.82) is 0 Å². The first-order valence-corrected chi connectivity index (χ1v) is 4.48. The fourth-order valence-corrected chi connectivity index (χ4v) is 1.17. The highest BCUT2D eigenvalue weighted by atomic mass is 32.1. The third kappa shape index (κ3) is 3.67. The standard InChI is InChI=1S/C8H16N2OS/c1-4-6(11)10-7(5(2)3)8(9)12/h5,7H,4H2,1-3H3,(H2,9,12)(H,10,11). The third-order valence-electron chi connectivity index (χ3n) is 1.61. The van der Waals surface area contributed by atoms with Gasteiger partial charge in [0.2, 0.25) is 5.91 Å². The van der Waals surface area contributed by atoms with Crippen molar-refractivity contribution < 1.29 is 4.79 Å². The molecule has 0 bridgehead atoms. The van der Waals surface area contributed by atoms with Crippen molar-refractivity contribution in [2.45, 2.75) is 33.2 Å². The summed E-state index contributed by atoms with van der Waals surface area (Å²) in [6.45, 7) is 5.74. The Morgan fingerprint density at radius 1 is 1.58 bits per heavy atom. The van der Waals surface area contributed by atoms with E-state index < -0.39 is 0 Å². The Bertz CT molecular complexity index is 180. The van der Waals surface area contributed by atoms with E-state index >= 15 is 0 Å². The highest BCUT2D eigenvalue weighted by Crippen LogP contribution is 2.01. The fourth-order valence-electron chi connectivity index (χ4n) is 0.842. The fraction of sp³-hybridized carbons (Fsp3) is 0.750. The lowest BCUT2D eigenvalue weighted by Gasteiger charge is -2.20. The summed E-state index contributed by atoms with van der Waals surface area (Å²) in [7, 11) is 0. The maximum absolute atomic E-state index is 11.0. The van der Waals surface area contributed by atoms with Crippen LogP contribution in [0.25, 0.3) is 0 Å². The first-order chi connectivity index (χ1) is 5.49. The Labute approximate surface area is 78.7 Å². The van der Waals surface area contributed by atoms with Crippen molar-refractivity contribution in [2.75, 3.05) is 0 Å². The van der Waals surface area contributed by atoms with Gasteiger partial charge in [-0.3, -0.25) is 4.79 Å². The third-order valence-corrected chi connectivity index (χ3v) is 1.86. The van der Waals surface area contributed by atoms with Crippen molar-refractivity contribution in [3.8, 4) is 0 Å². The molecule has 1 amide bonds. The summed E-state index contributed by atoms with van der Waals surface area (Å²) in [5, 5.41) is 2.76. The average Bonchev–Trinajstić information content (AvgIpc) is 1.98. The molecule has 0 aromatic heterocycles. The van der Waals surface area contributed by atoms with Crippen LogP contribution in [0.3, 0.4) is 0 Å². The number of nitrogens with two attached hydrogens (primary N) is 1. The summed E-state index contributed by atoms with van der Waals surface area (Å²) < 4.78 is 0. The molecule has 12 heavy (non-hydrogen) atoms. The molecule has 3 N–H and O–H groups in total. The van der Waals surface area contributed by atoms with Gasteiger partial charge in [0.15, 0.2) is 0 Å². The second-order valence-corrected chi connectivity index (χ2v) is 3.52. The zero-order chi connectivity index (χ0) is 9.72. The first kappa shape index (κ1) is 11.4. The van der Waals surface area contributed by atoms with E-state index in [0.717, 1.165) is 0 Å². The molecule has 0 fully saturated rings. The van der Waals surface area contributed by atoms with E-state index in [9.17, 15) is 4.79 Å². The molecule has 1 unspecified atom stereocenters. The maximum atomic E-state index is 11.0. The predicted molar refractivity (Wildman–Crippen MR) is 53.8 cm³/mol. The highest BCUT2D eigenvalue weighted by Gasteiger charge is 2.17. The number of nitrogens with one attached hydrogen (secondary N) is 1. The number of hydrogen-bond donors (Lipinski definition) is 2. The first-order valence-electron chi connectivity index (χ1n) is 4.07. The normalized spacial score (nSPS) is 12.7. The quantitative estimate of drug-likeness (QED) is 0.642. The Balaban J connectivity index is 4.14. The van der Waals surface area contributed by atoms with E-state index in [1.807, 2.05) is 13.8 Å². The Kier molecular flexibility index (Phi) is 4.81. The molecule has 0 aliphatic rings. The number of hydrogen-bond acceptors (Lipinski definition) is 2. The van der Waals surface area contributed by atoms with E-state index in [1.165, 1.54) is 0 Å². The van der Waals surface area contributed by atoms with E-state index in [4.69, 9.17) is 18.0 Å². The lowest BCUT2D eigenvalue weighted by atomic mass is 10.0. The van der Waals surface area contributed by atoms with Crippen LogP contribution in [-0.2, 0) is 4.79 Å². The number of rotatable bonds is 4. The van der Waals surface area contributed by atoms with Crippen LogP contribution in [0.1, 0.15) is 27.2 Å². The van der Waals surface area contributed by atoms with Crippen molar-refractivity contribution >= 4 is 23.1 Å². The number of thiocarbonyl (C=S) groups is 1. The molecule has 3 nitrogen and oxygen atoms in total. The van der Waals surface area contributed by atoms with Gasteiger partial charge >= 0.3 is 0 Å². The SMILES string of the molecule is CCC(=O)NC(C(N)=S)C(C)C. The molecule has 70 valence electrons. The maximum Gasteiger partial charge on any atom is 0.220 e. The largest absolute Gasteiger partial charge is 0.392 e. The minimum atomic E-state index is -0.174. The Hall–Kier alpha value is -0.640. The van der Waals surface area contributed by atoms with Gasteiger partial charge in [-0.2, -0.15) is 0 Å². The van der Waals surface area contributed by atoms with Crippen molar-refractivity contribution in [3.63, 3.8) is 0 Å². The Morgan fingerprint density at radius 3 is 2.33 bits per heavy atom. The van der Waals surface area contributed by atoms with Gasteiger partial charge < -0.3 is 11.1 Å². The molecule has 0 saturated heterocycles. The van der Waals surface area contributed by atoms with Gasteiger partial charge in [-0.25, -0.2) is 0 Å². The highest BCUT2D eigenvalue weighted by molar-refractivity contribution is 7.80. The zero-order valence-corrected chi connectivity index (χ0v) is 8.57. The Morgan fingerprint density at radius 2 is 2.08 bits per heavy atom. The summed E-state index contributed by atoms with van der Waals surface area (Å²) in [5.74, 6) is 0.236. The summed E-state index contributed by atoms with van der Waals surface area (Å²) in [6.07, 6.45) is 0.464. The van der Waals surface area contributed by atoms with Crippen molar-refractivity contribution in [1.82, 2.24) is 5.32 Å². The second kappa shape index (κ2) is 5.09. The minimum absolute atomic E-state index is 0.0125. The van der Waals surface area contributed by atoms with Gasteiger partial charge in [0.05, 0.1) is 11.0 Å². The lowest BCUT2D eigenvalue weighted by Crippen LogP contribution is -2.46. The van der Waals surface area contributed by atoms with Gasteiger partial charge in [0.1, 0.15) is 0 Å². The van der Waals surface area contributed by atoms with Gasteiger partial charge in [-0.05, 0) is 5.92 Å². The lowest BCUT2D eigenvalue weighted by molar-refractivity contribution is -0.121. The molecular formula is C8H16N2OS. The van der Waals surface area contributed by atoms with Crippen LogP contribution in [0, 0.1) is 5.92 Å². The number of amides is 1. The van der Waals surface area contributed by atoms with Crippen LogP contribution in [0.2, 0.25) is 0 Å². The van der Waals surface area contributed by atoms with Crippen molar-refractivity contribution in [3.05, 3.63) is 0 Å². The molecule has 0 aliphatic heterocycles. The van der Waals surface area contributed by atoms with E-state index in [0.29, 0.717) is 11.4 Å². The zero-order valence-electron chi connectivity index (χ0n) is 7.76. The summed E-state index contributed by atoms with van der Waals surface area (Å²) in [5.41, 5.74) is 5.46. The molecule has 0 rings (SSSR count). The molecule has 0 spiro atoms. The van der Waals surface area contributed by atoms with Crippen LogP contribution in [0.4, 0.5) is 0 Å². The summed E-state index contributed by atoms with van der Waals surface area (Å²) in [4.78, 5) is 11.4. The topological polar surface area (TPSA) is 55.1 Å². The number of carbonyl (C=O) groups excluding carboxylic acids is 1. The molecule has 0 aromatic carbocycles. The van der Waals surface area contributed by atoms with Crippen LogP contribution < -0.4 is 11.1 Å². The van der Waals surface area contributed by atoms with Crippen LogP contribution in [0.15, 0.2) is 0 Å². The van der Waals surface area contributed by atoms with Gasteiger partial charge in [0, 0.05) is 6.42 Å². The smallest absolute Gasteiger partial charge is 0.220 e. The van der Waals surface area contributed by atoms with Crippen LogP contribution >= 0.6 is 12.2 Å². The van der Waals surface area contributed by atoms with Gasteiger partial charge in [-0.15, -0.1) is 0 Å². The monoisotopic (exact) mass is 188 g/mol. The predicted octanol–water partition coefficient (Wildman–Crippen LogP) is 0.823. The molecule has 0 radical (unpaired) electrons. The molecule has 4 heteroatoms. The van der Waals surface area contributed by atoms with Gasteiger partial charge in [-0.1, -0.05) is 33.0 Å². The van der Waals surface area contributed by atoms with Crippen molar-refractivity contribution in [2.24, 2.45) is 11.7 Å². The minimum Gasteiger partial charge on any atom is -0.392 e. The molecule has 1 atom stereocenters. The van der Waals surface area contributed by atoms with E-state index in [-0.39, 0.29) is 17.9 Å². The number of carbonyl (C=O) groups is 1. The van der Waals surface area contributed by atoms with Gasteiger partial charge in [0.25, 0.3) is 0 Å². The van der Waals surface area contributed by atoms with Crippen LogP contribution in [-0.4, -0.2) is 16.9 Å². The second-order valence-electron chi connectivity index (χ2n) is 3.05. The van der Waals surface area contributed by atoms with E-state index in [2.05, 4.69) is 5.32 Å². The molecular weight excluding hydrogens is 172 g/mol. The summed E-state index contributed by atoms with van der Waals surface area (Å²) >= 11 is 4.82. The molecule has 0 aliphatic carbocycles. The summed E-state index contributed by atoms with van der Waals surface area (Å²) in [6, 6.07) is -0.174. The molecule has 0 aromatic rings. The van der Waals surface area contributed by atoms with E-state index in [1.54, 1.807) is 6.92 Å². The molecule has 0 saturated carbocycles. The van der Waals surface area contributed by atoms with Crippen LogP contribution in [0.5, 0.6) is 0 Å².